The molecule has 0 saturated carbocycles. The fourth-order valence-corrected chi connectivity index (χ4v) is 14.0. The highest BCUT2D eigenvalue weighted by Gasteiger charge is 2.43. The number of allylic oxidation sites excluding steroid dienone is 5. The molecule has 0 aliphatic heterocycles. The van der Waals surface area contributed by atoms with Crippen molar-refractivity contribution in [3.8, 4) is 0 Å². The lowest BCUT2D eigenvalue weighted by molar-refractivity contribution is 1.24. The molecule has 46 heavy (non-hydrogen) atoms. The molecule has 0 fully saturated rings. The van der Waals surface area contributed by atoms with Gasteiger partial charge in [-0.1, -0.05) is 152 Å². The van der Waals surface area contributed by atoms with Gasteiger partial charge in [-0.05, 0) is 52.0 Å². The van der Waals surface area contributed by atoms with Crippen molar-refractivity contribution in [2.45, 2.75) is 6.92 Å². The van der Waals surface area contributed by atoms with Gasteiger partial charge in [0.1, 0.15) is 0 Å². The van der Waals surface area contributed by atoms with Crippen LogP contribution in [0.2, 0.25) is 0 Å². The molecule has 8 aromatic rings. The van der Waals surface area contributed by atoms with Gasteiger partial charge in [0.2, 0.25) is 0 Å². The normalized spacial score (nSPS) is 12.6. The lowest BCUT2D eigenvalue weighted by Crippen LogP contribution is -2.68. The van der Waals surface area contributed by atoms with E-state index in [-0.39, 0.29) is 0 Å². The SMILES string of the molecule is C=C(/C=C(\C=C/C)[Si](c1ccccc1)(c1ccccc1)c1cccc2c1sc1ccccc12)n1c2ccccc2c2ccccc21. The third-order valence-corrected chi connectivity index (χ3v) is 15.4. The van der Waals surface area contributed by atoms with Gasteiger partial charge in [0.05, 0.1) is 11.0 Å². The minimum atomic E-state index is -2.90. The molecule has 0 saturated heterocycles. The standard InChI is InChI=1S/C43H33NSSi/c1-3-17-34(30-31(2)44-39-26-13-10-22-35(39)36-23-11-14-27-40(36)44)46(32-18-6-4-7-19-32,33-20-8-5-9-21-33)42-29-16-25-38-37-24-12-15-28-41(37)45-43(38)42/h3-30H,2H2,1H3/b17-3-,34-30+. The average molecular weight is 624 g/mol. The second kappa shape index (κ2) is 11.6. The van der Waals surface area contributed by atoms with E-state index in [1.165, 1.54) is 62.7 Å². The van der Waals surface area contributed by atoms with Crippen LogP contribution < -0.4 is 15.6 Å². The van der Waals surface area contributed by atoms with E-state index in [0.717, 1.165) is 5.70 Å². The van der Waals surface area contributed by atoms with Crippen molar-refractivity contribution in [1.82, 2.24) is 4.57 Å². The number of fused-ring (bicyclic) bond motifs is 6. The fourth-order valence-electron chi connectivity index (χ4n) is 7.32. The van der Waals surface area contributed by atoms with Crippen LogP contribution in [0, 0.1) is 0 Å². The molecule has 2 aromatic heterocycles. The summed E-state index contributed by atoms with van der Waals surface area (Å²) >= 11 is 1.92. The maximum absolute atomic E-state index is 4.79. The zero-order chi connectivity index (χ0) is 31.1. The summed E-state index contributed by atoms with van der Waals surface area (Å²) in [6.07, 6.45) is 6.92. The summed E-state index contributed by atoms with van der Waals surface area (Å²) in [5, 5.41) is 10.5. The van der Waals surface area contributed by atoms with Crippen LogP contribution in [0.5, 0.6) is 0 Å². The van der Waals surface area contributed by atoms with Crippen LogP contribution in [0.3, 0.4) is 0 Å². The summed E-state index contributed by atoms with van der Waals surface area (Å²) in [6, 6.07) is 55.5. The van der Waals surface area contributed by atoms with Crippen LogP contribution in [0.1, 0.15) is 6.92 Å². The van der Waals surface area contributed by atoms with Crippen molar-refractivity contribution in [2.24, 2.45) is 0 Å². The van der Waals surface area contributed by atoms with E-state index in [1.54, 1.807) is 0 Å². The Bertz CT molecular complexity index is 2350. The van der Waals surface area contributed by atoms with Gasteiger partial charge in [-0.25, -0.2) is 0 Å². The van der Waals surface area contributed by atoms with Crippen LogP contribution in [-0.2, 0) is 0 Å². The van der Waals surface area contributed by atoms with Crippen LogP contribution in [0.15, 0.2) is 182 Å². The van der Waals surface area contributed by atoms with Crippen LogP contribution >= 0.6 is 11.3 Å². The summed E-state index contributed by atoms with van der Waals surface area (Å²) in [5.74, 6) is 0. The number of benzene rings is 6. The van der Waals surface area contributed by atoms with E-state index < -0.39 is 8.07 Å². The van der Waals surface area contributed by atoms with Crippen molar-refractivity contribution in [2.75, 3.05) is 0 Å². The Balaban J connectivity index is 1.50. The summed E-state index contributed by atoms with van der Waals surface area (Å²) in [4.78, 5) is 0. The van der Waals surface area contributed by atoms with Gasteiger partial charge < -0.3 is 4.57 Å². The van der Waals surface area contributed by atoms with Crippen LogP contribution in [-0.4, -0.2) is 12.6 Å². The van der Waals surface area contributed by atoms with Gasteiger partial charge in [-0.2, -0.15) is 0 Å². The monoisotopic (exact) mass is 623 g/mol. The third kappa shape index (κ3) is 4.35. The lowest BCUT2D eigenvalue weighted by Gasteiger charge is -2.36. The molecule has 0 bridgehead atoms. The number of hydrogen-bond donors (Lipinski definition) is 0. The average Bonchev–Trinajstić information content (AvgIpc) is 3.66. The molecule has 3 heteroatoms. The van der Waals surface area contributed by atoms with E-state index in [4.69, 9.17) is 6.58 Å². The molecule has 8 rings (SSSR count). The maximum atomic E-state index is 4.79. The number of aromatic nitrogens is 1. The minimum absolute atomic E-state index is 0.956. The van der Waals surface area contributed by atoms with Gasteiger partial charge in [-0.15, -0.1) is 11.3 Å². The maximum Gasteiger partial charge on any atom is 0.181 e. The molecule has 0 aliphatic carbocycles. The molecule has 0 aliphatic rings. The molecule has 0 radical (unpaired) electrons. The third-order valence-electron chi connectivity index (χ3n) is 9.19. The molecule has 0 spiro atoms. The Kier molecular flexibility index (Phi) is 7.13. The second-order valence-electron chi connectivity index (χ2n) is 11.7. The Labute approximate surface area is 274 Å². The Morgan fingerprint density at radius 2 is 1.11 bits per heavy atom. The molecule has 0 N–H and O–H groups in total. The topological polar surface area (TPSA) is 4.93 Å². The molecule has 2 heterocycles. The number of para-hydroxylation sites is 2. The second-order valence-corrected chi connectivity index (χ2v) is 16.5. The van der Waals surface area contributed by atoms with E-state index in [0.29, 0.717) is 0 Å². The van der Waals surface area contributed by atoms with Gasteiger partial charge in [0.25, 0.3) is 0 Å². The lowest BCUT2D eigenvalue weighted by atomic mass is 10.1. The van der Waals surface area contributed by atoms with E-state index in [9.17, 15) is 0 Å². The number of thiophene rings is 1. The molecule has 220 valence electrons. The number of rotatable bonds is 7. The van der Waals surface area contributed by atoms with Crippen molar-refractivity contribution < 1.29 is 0 Å². The predicted octanol–water partition coefficient (Wildman–Crippen LogP) is 9.85. The highest BCUT2D eigenvalue weighted by Crippen LogP contribution is 2.36. The molecule has 0 amide bonds. The quantitative estimate of drug-likeness (QED) is 0.0946. The van der Waals surface area contributed by atoms with Crippen LogP contribution in [0.4, 0.5) is 0 Å². The summed E-state index contributed by atoms with van der Waals surface area (Å²) in [7, 11) is -2.90. The zero-order valence-corrected chi connectivity index (χ0v) is 27.5. The molecule has 1 nitrogen and oxygen atoms in total. The van der Waals surface area contributed by atoms with Gasteiger partial charge in [0.15, 0.2) is 8.07 Å². The van der Waals surface area contributed by atoms with Crippen molar-refractivity contribution in [3.05, 3.63) is 182 Å². The largest absolute Gasteiger partial charge is 0.310 e. The Hall–Kier alpha value is -5.22. The molecule has 6 aromatic carbocycles. The first-order valence-corrected chi connectivity index (χ1v) is 18.6. The first kappa shape index (κ1) is 28.3. The summed E-state index contributed by atoms with van der Waals surface area (Å²) in [6.45, 7) is 6.92. The minimum Gasteiger partial charge on any atom is -0.310 e. The summed E-state index contributed by atoms with van der Waals surface area (Å²) in [5.41, 5.74) is 3.30. The zero-order valence-electron chi connectivity index (χ0n) is 25.7. The van der Waals surface area contributed by atoms with E-state index in [2.05, 4.69) is 181 Å². The first-order valence-electron chi connectivity index (χ1n) is 15.8. The van der Waals surface area contributed by atoms with Gasteiger partial charge in [-0.3, -0.25) is 0 Å². The highest BCUT2D eigenvalue weighted by atomic mass is 32.1. The first-order chi connectivity index (χ1) is 22.7. The van der Waals surface area contributed by atoms with Crippen molar-refractivity contribution in [3.63, 3.8) is 0 Å². The highest BCUT2D eigenvalue weighted by molar-refractivity contribution is 7.30. The number of nitrogens with zero attached hydrogens (tertiary/aromatic N) is 1. The fraction of sp³-hybridized carbons (Fsp3) is 0.0233. The van der Waals surface area contributed by atoms with Gasteiger partial charge in [0, 0.05) is 36.6 Å². The Morgan fingerprint density at radius 1 is 0.587 bits per heavy atom. The van der Waals surface area contributed by atoms with Crippen LogP contribution in [0.25, 0.3) is 47.7 Å². The van der Waals surface area contributed by atoms with E-state index in [1.807, 2.05) is 11.3 Å². The molecular weight excluding hydrogens is 591 g/mol. The smallest absolute Gasteiger partial charge is 0.181 e. The molecular formula is C43H33NSSi. The predicted molar refractivity (Wildman–Crippen MR) is 205 cm³/mol. The van der Waals surface area contributed by atoms with Crippen molar-refractivity contribution in [1.29, 1.82) is 0 Å². The van der Waals surface area contributed by atoms with E-state index >= 15 is 0 Å². The molecule has 0 atom stereocenters. The van der Waals surface area contributed by atoms with Crippen molar-refractivity contribution >= 4 is 82.6 Å². The molecule has 0 unspecified atom stereocenters. The summed E-state index contributed by atoms with van der Waals surface area (Å²) < 4.78 is 5.02. The number of hydrogen-bond acceptors (Lipinski definition) is 1. The Morgan fingerprint density at radius 3 is 1.72 bits per heavy atom. The van der Waals surface area contributed by atoms with Gasteiger partial charge >= 0.3 is 0 Å².